The van der Waals surface area contributed by atoms with Crippen LogP contribution in [0, 0.1) is 13.1 Å². The maximum absolute atomic E-state index is 5.28. The number of allylic oxidation sites excluding steroid dienone is 3. The molecule has 1 radical (unpaired) electrons. The molecule has 0 fully saturated rings. The molecule has 0 aliphatic rings. The first kappa shape index (κ1) is 16.6. The van der Waals surface area contributed by atoms with E-state index >= 15 is 0 Å². The van der Waals surface area contributed by atoms with Crippen LogP contribution in [0.15, 0.2) is 18.4 Å². The largest absolute Gasteiger partial charge is 0.415 e. The van der Waals surface area contributed by atoms with Crippen LogP contribution >= 0.6 is 0 Å². The van der Waals surface area contributed by atoms with Crippen molar-refractivity contribution in [3.05, 3.63) is 36.1 Å². The summed E-state index contributed by atoms with van der Waals surface area (Å²) < 4.78 is 0. The Bertz CT molecular complexity index is 313. The summed E-state index contributed by atoms with van der Waals surface area (Å²) in [4.78, 5) is 7.04. The predicted molar refractivity (Wildman–Crippen MR) is 60.5 cm³/mol. The molecule has 85 valence electrons. The smallest absolute Gasteiger partial charge is 0.000434 e. The third-order valence-corrected chi connectivity index (χ3v) is 1.52. The van der Waals surface area contributed by atoms with Crippen molar-refractivity contribution in [3.63, 3.8) is 0 Å². The molecule has 1 aromatic heterocycles. The van der Waals surface area contributed by atoms with E-state index in [2.05, 4.69) is 16.2 Å². The summed E-state index contributed by atoms with van der Waals surface area (Å²) in [6.45, 7) is 7.83. The Morgan fingerprint density at radius 3 is 2.40 bits per heavy atom. The average molecular weight is 378 g/mol. The average Bonchev–Trinajstić information content (AvgIpc) is 2.64. The van der Waals surface area contributed by atoms with Gasteiger partial charge in [0.25, 0.3) is 0 Å². The Kier molecular flexibility index (Phi) is 10.7. The molecule has 0 bridgehead atoms. The third kappa shape index (κ3) is 5.56. The maximum atomic E-state index is 5.28. The molecular weight excluding hydrogens is 360 g/mol. The molecule has 0 aliphatic carbocycles. The van der Waals surface area contributed by atoms with Crippen LogP contribution in [0.25, 0.3) is 5.57 Å². The summed E-state index contributed by atoms with van der Waals surface area (Å²) in [5.41, 5.74) is 7.15. The van der Waals surface area contributed by atoms with Crippen LogP contribution in [0.3, 0.4) is 0 Å². The summed E-state index contributed by atoms with van der Waals surface area (Å²) in [6.07, 6.45) is 8.12. The van der Waals surface area contributed by atoms with Gasteiger partial charge >= 0.3 is 0 Å². The van der Waals surface area contributed by atoms with Gasteiger partial charge in [0, 0.05) is 26.2 Å². The number of hydrogen-bond acceptors (Lipinski definition) is 2. The van der Waals surface area contributed by atoms with E-state index in [0.29, 0.717) is 0 Å². The molecule has 4 heteroatoms. The Labute approximate surface area is 106 Å². The van der Waals surface area contributed by atoms with Gasteiger partial charge in [0.05, 0.1) is 0 Å². The van der Waals surface area contributed by atoms with Crippen LogP contribution in [0.1, 0.15) is 32.3 Å². The van der Waals surface area contributed by atoms with Crippen LogP contribution in [0.4, 0.5) is 0 Å². The molecule has 0 unspecified atom stereocenters. The number of imidazole rings is 1. The van der Waals surface area contributed by atoms with Gasteiger partial charge in [-0.05, 0) is 6.20 Å². The van der Waals surface area contributed by atoms with Gasteiger partial charge in [0.15, 0.2) is 0 Å². The number of aromatic nitrogens is 2. The SMILES string of the molecule is C/C=C(\C=C/N)c1[c-]nc(C)[nH]1.CC.[Re]. The molecule has 0 saturated heterocycles. The predicted octanol–water partition coefficient (Wildman–Crippen LogP) is 2.42. The minimum atomic E-state index is 0. The summed E-state index contributed by atoms with van der Waals surface area (Å²) in [6, 6.07) is 0. The third-order valence-electron chi connectivity index (χ3n) is 1.52. The van der Waals surface area contributed by atoms with E-state index in [-0.39, 0.29) is 20.4 Å². The van der Waals surface area contributed by atoms with Gasteiger partial charge in [-0.3, -0.25) is 0 Å². The minimum absolute atomic E-state index is 0. The molecule has 0 atom stereocenters. The van der Waals surface area contributed by atoms with Gasteiger partial charge in [-0.1, -0.05) is 45.7 Å². The number of hydrogen-bond donors (Lipinski definition) is 2. The van der Waals surface area contributed by atoms with Crippen LogP contribution in [-0.2, 0) is 20.4 Å². The number of nitrogens with zero attached hydrogens (tertiary/aromatic N) is 1. The van der Waals surface area contributed by atoms with E-state index in [1.807, 2.05) is 39.8 Å². The van der Waals surface area contributed by atoms with E-state index in [1.165, 1.54) is 6.20 Å². The molecule has 0 saturated carbocycles. The Balaban J connectivity index is 0. The number of rotatable bonds is 2. The number of aromatic amines is 1. The van der Waals surface area contributed by atoms with Gasteiger partial charge in [0.2, 0.25) is 0 Å². The molecule has 3 nitrogen and oxygen atoms in total. The second-order valence-corrected chi connectivity index (χ2v) is 2.41. The van der Waals surface area contributed by atoms with Crippen molar-refractivity contribution >= 4 is 5.57 Å². The van der Waals surface area contributed by atoms with Crippen LogP contribution in [-0.4, -0.2) is 9.97 Å². The second kappa shape index (κ2) is 9.70. The molecule has 0 spiro atoms. The quantitative estimate of drug-likeness (QED) is 0.613. The summed E-state index contributed by atoms with van der Waals surface area (Å²) in [7, 11) is 0. The van der Waals surface area contributed by atoms with E-state index in [0.717, 1.165) is 17.1 Å². The molecule has 15 heavy (non-hydrogen) atoms. The Hall–Kier alpha value is -0.848. The van der Waals surface area contributed by atoms with Crippen molar-refractivity contribution in [2.45, 2.75) is 27.7 Å². The van der Waals surface area contributed by atoms with Gasteiger partial charge in [-0.2, -0.15) is 0 Å². The molecule has 3 N–H and O–H groups in total. The van der Waals surface area contributed by atoms with Crippen molar-refractivity contribution in [2.75, 3.05) is 0 Å². The number of nitrogens with one attached hydrogen (secondary N) is 1. The molecule has 0 aromatic carbocycles. The zero-order valence-electron chi connectivity index (χ0n) is 9.63. The van der Waals surface area contributed by atoms with E-state index in [1.54, 1.807) is 0 Å². The van der Waals surface area contributed by atoms with E-state index in [4.69, 9.17) is 5.73 Å². The van der Waals surface area contributed by atoms with Gasteiger partial charge < -0.3 is 15.7 Å². The second-order valence-electron chi connectivity index (χ2n) is 2.41. The summed E-state index contributed by atoms with van der Waals surface area (Å²) in [5.74, 6) is 0.856. The van der Waals surface area contributed by atoms with Crippen molar-refractivity contribution in [2.24, 2.45) is 5.73 Å². The fourth-order valence-corrected chi connectivity index (χ4v) is 0.941. The Morgan fingerprint density at radius 1 is 1.47 bits per heavy atom. The standard InChI is InChI=1S/C9H12N3.C2H6.Re/c1-3-8(4-5-10)9-6-11-7(2)12-9;1-2;/h3-5H,10H2,1-2H3,(H,11,12);1-2H3;/q-1;;/b5-4-,8-3+;;. The molecule has 0 amide bonds. The monoisotopic (exact) mass is 379 g/mol. The molecular formula is C11H18N3Re-. The van der Waals surface area contributed by atoms with E-state index in [9.17, 15) is 0 Å². The summed E-state index contributed by atoms with van der Waals surface area (Å²) >= 11 is 0. The van der Waals surface area contributed by atoms with Crippen molar-refractivity contribution in [1.29, 1.82) is 0 Å². The van der Waals surface area contributed by atoms with Gasteiger partial charge in [0.1, 0.15) is 0 Å². The van der Waals surface area contributed by atoms with Crippen LogP contribution in [0.5, 0.6) is 0 Å². The number of nitrogens with two attached hydrogens (primary N) is 1. The topological polar surface area (TPSA) is 54.7 Å². The zero-order valence-corrected chi connectivity index (χ0v) is 12.4. The first-order valence-electron chi connectivity index (χ1n) is 4.77. The maximum Gasteiger partial charge on any atom is 0.000434 e. The molecule has 1 heterocycles. The number of aryl methyl sites for hydroxylation is 1. The first-order chi connectivity index (χ1) is 6.77. The Morgan fingerprint density at radius 2 is 2.07 bits per heavy atom. The van der Waals surface area contributed by atoms with Crippen LogP contribution in [0.2, 0.25) is 0 Å². The van der Waals surface area contributed by atoms with Crippen LogP contribution < -0.4 is 5.73 Å². The number of H-pyrrole nitrogens is 1. The van der Waals surface area contributed by atoms with Crippen molar-refractivity contribution in [1.82, 2.24) is 9.97 Å². The normalized spacial score (nSPS) is 10.5. The van der Waals surface area contributed by atoms with Crippen molar-refractivity contribution in [3.8, 4) is 0 Å². The first-order valence-corrected chi connectivity index (χ1v) is 4.77. The molecule has 0 aliphatic heterocycles. The molecule has 1 aromatic rings. The minimum Gasteiger partial charge on any atom is -0.415 e. The molecule has 1 rings (SSSR count). The summed E-state index contributed by atoms with van der Waals surface area (Å²) in [5, 5.41) is 0. The van der Waals surface area contributed by atoms with Gasteiger partial charge in [-0.15, -0.1) is 11.6 Å². The fraction of sp³-hybridized carbons (Fsp3) is 0.364. The van der Waals surface area contributed by atoms with E-state index < -0.39 is 0 Å². The van der Waals surface area contributed by atoms with Crippen molar-refractivity contribution < 1.29 is 20.4 Å². The zero-order chi connectivity index (χ0) is 11.0. The fourth-order valence-electron chi connectivity index (χ4n) is 0.941. The van der Waals surface area contributed by atoms with Gasteiger partial charge in [-0.25, -0.2) is 0 Å².